The maximum atomic E-state index is 14.3. The highest BCUT2D eigenvalue weighted by molar-refractivity contribution is 6.37. The summed E-state index contributed by atoms with van der Waals surface area (Å²) in [4.78, 5) is 40.6. The SMILES string of the molecule is CC(C)C(N)C(=O)N[C@H]1Cc2ccc(O)c(c2)[C@@]2(C(C)C)c3cccc(c3O)-c3cccc4[nH]c(Cl)c(c34)-c3oc(nc3Cl)-c3nc(oc32)[C@H](C(C)C)NC1=O. The van der Waals surface area contributed by atoms with Crippen LogP contribution in [0.1, 0.15) is 75.9 Å². The number of carbonyl (C=O) groups is 2. The largest absolute Gasteiger partial charge is 0.508 e. The summed E-state index contributed by atoms with van der Waals surface area (Å²) in [5.41, 5.74) is 8.48. The minimum absolute atomic E-state index is 0.00749. The summed E-state index contributed by atoms with van der Waals surface area (Å²) in [6.07, 6.45) is 0.0532. The van der Waals surface area contributed by atoms with Crippen LogP contribution in [-0.2, 0) is 21.4 Å². The molecule has 8 bridgehead atoms. The first kappa shape index (κ1) is 37.6. The zero-order valence-electron chi connectivity index (χ0n) is 31.6. The Labute approximate surface area is 332 Å². The minimum atomic E-state index is -1.49. The third-order valence-corrected chi connectivity index (χ3v) is 11.8. The Hall–Kier alpha value is -5.30. The van der Waals surface area contributed by atoms with Crippen molar-refractivity contribution in [2.24, 2.45) is 23.5 Å². The first-order chi connectivity index (χ1) is 26.6. The second kappa shape index (κ2) is 13.7. The van der Waals surface area contributed by atoms with Gasteiger partial charge in [0.15, 0.2) is 22.4 Å². The molecule has 4 atom stereocenters. The van der Waals surface area contributed by atoms with Crippen molar-refractivity contribution >= 4 is 45.9 Å². The number of oxazole rings is 2. The number of phenols is 2. The molecule has 3 aromatic carbocycles. The normalized spacial score (nSPS) is 19.6. The highest BCUT2D eigenvalue weighted by atomic mass is 35.5. The van der Waals surface area contributed by atoms with Gasteiger partial charge in [-0.2, -0.15) is 4.98 Å². The summed E-state index contributed by atoms with van der Waals surface area (Å²) in [6.45, 7) is 11.4. The second-order valence-corrected chi connectivity index (χ2v) is 16.4. The topological polar surface area (TPSA) is 193 Å². The van der Waals surface area contributed by atoms with Crippen LogP contribution in [0, 0.1) is 17.8 Å². The Morgan fingerprint density at radius 1 is 0.982 bits per heavy atom. The van der Waals surface area contributed by atoms with Crippen LogP contribution in [0.2, 0.25) is 10.3 Å². The molecule has 3 aromatic heterocycles. The molecule has 12 nitrogen and oxygen atoms in total. The van der Waals surface area contributed by atoms with E-state index in [1.165, 1.54) is 6.07 Å². The summed E-state index contributed by atoms with van der Waals surface area (Å²) >= 11 is 13.8. The molecule has 0 aliphatic carbocycles. The predicted molar refractivity (Wildman–Crippen MR) is 213 cm³/mol. The van der Waals surface area contributed by atoms with Gasteiger partial charge in [0.05, 0.1) is 17.0 Å². The zero-order chi connectivity index (χ0) is 40.0. The van der Waals surface area contributed by atoms with Gasteiger partial charge in [0.1, 0.15) is 28.7 Å². The Morgan fingerprint density at radius 3 is 2.43 bits per heavy atom. The van der Waals surface area contributed by atoms with E-state index in [0.29, 0.717) is 44.3 Å². The number of rotatable bonds is 5. The van der Waals surface area contributed by atoms with E-state index in [-0.39, 0.29) is 69.1 Å². The van der Waals surface area contributed by atoms with Gasteiger partial charge in [-0.15, -0.1) is 0 Å². The van der Waals surface area contributed by atoms with Crippen LogP contribution < -0.4 is 16.4 Å². The second-order valence-electron chi connectivity index (χ2n) is 15.7. The van der Waals surface area contributed by atoms with Crippen LogP contribution in [-0.4, -0.2) is 49.1 Å². The van der Waals surface area contributed by atoms with Gasteiger partial charge in [0, 0.05) is 34.0 Å². The molecule has 0 radical (unpaired) electrons. The molecule has 0 fully saturated rings. The molecule has 14 heteroatoms. The molecule has 2 amide bonds. The highest BCUT2D eigenvalue weighted by Gasteiger charge is 2.51. The first-order valence-electron chi connectivity index (χ1n) is 18.6. The number of fused-ring (bicyclic) bond motifs is 12. The van der Waals surface area contributed by atoms with Gasteiger partial charge in [0.2, 0.25) is 17.7 Å². The average molecular weight is 798 g/mol. The molecule has 8 rings (SSSR count). The van der Waals surface area contributed by atoms with E-state index in [4.69, 9.17) is 47.7 Å². The standard InChI is InChI=1S/C42H42Cl2N6O6/c1-17(2)30(45)39(54)47-26-16-20-13-14-27(51)24(15-20)42(19(5)6)23-11-7-10-22(33(23)52)21-9-8-12-25-28(21)29(36(43)46-25)34-37(44)50-41(55-34)32-35(42)56-40(49-32)31(18(3)4)48-38(26)53/h7-15,17-19,26,30-31,46,51-52H,16,45H2,1-6H3,(H,47,54)(H,48,53)/t26-,30?,31-,42+/m0/s1. The van der Waals surface area contributed by atoms with Gasteiger partial charge in [-0.3, -0.25) is 9.59 Å². The summed E-state index contributed by atoms with van der Waals surface area (Å²) in [5.74, 6) is -1.61. The van der Waals surface area contributed by atoms with E-state index in [0.717, 1.165) is 0 Å². The lowest BCUT2D eigenvalue weighted by molar-refractivity contribution is -0.130. The van der Waals surface area contributed by atoms with Crippen LogP contribution in [0.15, 0.2) is 63.4 Å². The minimum Gasteiger partial charge on any atom is -0.508 e. The number of H-pyrrole nitrogens is 1. The van der Waals surface area contributed by atoms with Crippen LogP contribution in [0.25, 0.3) is 44.9 Å². The lowest BCUT2D eigenvalue weighted by atomic mass is 9.63. The van der Waals surface area contributed by atoms with E-state index in [2.05, 4.69) is 15.6 Å². The molecule has 2 aliphatic heterocycles. The summed E-state index contributed by atoms with van der Waals surface area (Å²) < 4.78 is 13.5. The van der Waals surface area contributed by atoms with Crippen molar-refractivity contribution in [2.75, 3.05) is 0 Å². The molecule has 290 valence electrons. The van der Waals surface area contributed by atoms with Gasteiger partial charge >= 0.3 is 0 Å². The lowest BCUT2D eigenvalue weighted by Gasteiger charge is -2.39. The van der Waals surface area contributed by atoms with Crippen LogP contribution in [0.3, 0.4) is 0 Å². The molecule has 5 heterocycles. The van der Waals surface area contributed by atoms with Crippen LogP contribution >= 0.6 is 23.2 Å². The van der Waals surface area contributed by atoms with E-state index in [1.807, 2.05) is 71.9 Å². The molecule has 0 saturated heterocycles. The fourth-order valence-electron chi connectivity index (χ4n) is 8.25. The first-order valence-corrected chi connectivity index (χ1v) is 19.4. The number of amides is 2. The molecular weight excluding hydrogens is 755 g/mol. The van der Waals surface area contributed by atoms with Gasteiger partial charge in [-0.1, -0.05) is 107 Å². The molecule has 7 N–H and O–H groups in total. The van der Waals surface area contributed by atoms with Crippen molar-refractivity contribution in [3.63, 3.8) is 0 Å². The number of halogens is 2. The van der Waals surface area contributed by atoms with E-state index in [1.54, 1.807) is 18.2 Å². The van der Waals surface area contributed by atoms with Crippen LogP contribution in [0.4, 0.5) is 0 Å². The summed E-state index contributed by atoms with van der Waals surface area (Å²) in [7, 11) is 0. The number of aromatic nitrogens is 3. The van der Waals surface area contributed by atoms with Crippen molar-refractivity contribution in [3.05, 3.63) is 93.2 Å². The zero-order valence-corrected chi connectivity index (χ0v) is 33.1. The van der Waals surface area contributed by atoms with Crippen LogP contribution in [0.5, 0.6) is 11.5 Å². The number of nitrogens with one attached hydrogen (secondary N) is 3. The smallest absolute Gasteiger partial charge is 0.250 e. The summed E-state index contributed by atoms with van der Waals surface area (Å²) in [6, 6.07) is 13.3. The van der Waals surface area contributed by atoms with Gasteiger partial charge in [0.25, 0.3) is 5.89 Å². The van der Waals surface area contributed by atoms with Crippen molar-refractivity contribution in [2.45, 2.75) is 71.5 Å². The fraction of sp³-hybridized carbons (Fsp3) is 0.333. The third-order valence-electron chi connectivity index (χ3n) is 11.2. The number of phenolic OH excluding ortho intramolecular Hbond substituents is 2. The molecule has 56 heavy (non-hydrogen) atoms. The molecule has 1 unspecified atom stereocenters. The number of para-hydroxylation sites is 1. The quantitative estimate of drug-likeness (QED) is 0.100. The van der Waals surface area contributed by atoms with Crippen molar-refractivity contribution in [1.82, 2.24) is 25.6 Å². The van der Waals surface area contributed by atoms with Crippen molar-refractivity contribution in [3.8, 4) is 45.5 Å². The average Bonchev–Trinajstić information content (AvgIpc) is 3.85. The molecule has 6 aromatic rings. The molecular formula is C42H42Cl2N6O6. The number of nitrogens with zero attached hydrogens (tertiary/aromatic N) is 2. The number of benzene rings is 3. The van der Waals surface area contributed by atoms with E-state index in [9.17, 15) is 19.8 Å². The Bertz CT molecular complexity index is 2550. The number of aromatic amines is 1. The Morgan fingerprint density at radius 2 is 1.71 bits per heavy atom. The highest BCUT2D eigenvalue weighted by Crippen LogP contribution is 2.57. The van der Waals surface area contributed by atoms with Gasteiger partial charge in [-0.05, 0) is 41.0 Å². The third kappa shape index (κ3) is 5.68. The fourth-order valence-corrected chi connectivity index (χ4v) is 8.75. The molecule has 0 spiro atoms. The number of nitrogens with two attached hydrogens (primary N) is 1. The van der Waals surface area contributed by atoms with E-state index >= 15 is 0 Å². The monoisotopic (exact) mass is 796 g/mol. The van der Waals surface area contributed by atoms with Gasteiger partial charge < -0.3 is 40.4 Å². The molecule has 2 aliphatic rings. The summed E-state index contributed by atoms with van der Waals surface area (Å²) in [5, 5.41) is 31.6. The lowest BCUT2D eigenvalue weighted by Crippen LogP contribution is -2.54. The van der Waals surface area contributed by atoms with Crippen molar-refractivity contribution in [1.29, 1.82) is 0 Å². The van der Waals surface area contributed by atoms with Crippen molar-refractivity contribution < 1.29 is 28.6 Å². The maximum Gasteiger partial charge on any atom is 0.250 e. The Balaban J connectivity index is 1.51. The molecule has 0 saturated carbocycles. The number of aromatic hydroxyl groups is 2. The Kier molecular flexibility index (Phi) is 9.21. The van der Waals surface area contributed by atoms with Gasteiger partial charge in [-0.25, -0.2) is 4.98 Å². The number of carbonyl (C=O) groups excluding carboxylic acids is 2. The predicted octanol–water partition coefficient (Wildman–Crippen LogP) is 8.00. The maximum absolute atomic E-state index is 14.3. The number of hydrogen-bond donors (Lipinski definition) is 6. The van der Waals surface area contributed by atoms with E-state index < -0.39 is 41.3 Å². The number of hydrogen-bond acceptors (Lipinski definition) is 9.